The molecule has 0 bridgehead atoms. The van der Waals surface area contributed by atoms with E-state index in [1.54, 1.807) is 6.92 Å². The van der Waals surface area contributed by atoms with Gasteiger partial charge in [-0.2, -0.15) is 18.4 Å². The molecule has 1 aromatic carbocycles. The fraction of sp³-hybridized carbons (Fsp3) is 0.462. The first-order valence-corrected chi connectivity index (χ1v) is 5.72. The lowest BCUT2D eigenvalue weighted by molar-refractivity contribution is -0.137. The lowest BCUT2D eigenvalue weighted by Crippen LogP contribution is -2.41. The molecule has 0 saturated heterocycles. The van der Waals surface area contributed by atoms with Crippen molar-refractivity contribution in [2.75, 3.05) is 6.61 Å². The molecule has 0 aliphatic rings. The van der Waals surface area contributed by atoms with Crippen molar-refractivity contribution in [3.63, 3.8) is 0 Å². The molecule has 1 atom stereocenters. The van der Waals surface area contributed by atoms with Gasteiger partial charge in [-0.05, 0) is 31.5 Å². The summed E-state index contributed by atoms with van der Waals surface area (Å²) in [5, 5.41) is 8.66. The number of nitrogens with zero attached hydrogens (tertiary/aromatic N) is 1. The van der Waals surface area contributed by atoms with Crippen molar-refractivity contribution in [1.29, 1.82) is 5.26 Å². The van der Waals surface area contributed by atoms with E-state index in [2.05, 4.69) is 0 Å². The smallest absolute Gasteiger partial charge is 0.417 e. The summed E-state index contributed by atoms with van der Waals surface area (Å²) < 4.78 is 43.4. The standard InChI is InChI=1S/C13H15F3N2O/c1-3-12(2,18)8-19-10-5-4-9(7-17)11(6-10)13(14,15)16/h4-6H,3,8,18H2,1-2H3. The van der Waals surface area contributed by atoms with Crippen LogP contribution in [0.2, 0.25) is 0 Å². The molecule has 6 heteroatoms. The van der Waals surface area contributed by atoms with Gasteiger partial charge in [0.25, 0.3) is 0 Å². The number of nitriles is 1. The van der Waals surface area contributed by atoms with Crippen LogP contribution in [0.3, 0.4) is 0 Å². The van der Waals surface area contributed by atoms with Crippen LogP contribution in [0.25, 0.3) is 0 Å². The Morgan fingerprint density at radius 3 is 2.47 bits per heavy atom. The summed E-state index contributed by atoms with van der Waals surface area (Å²) in [4.78, 5) is 0. The maximum atomic E-state index is 12.7. The molecular formula is C13H15F3N2O. The molecule has 1 rings (SSSR count). The van der Waals surface area contributed by atoms with E-state index in [0.717, 1.165) is 12.1 Å². The van der Waals surface area contributed by atoms with E-state index >= 15 is 0 Å². The Bertz CT molecular complexity index is 490. The Balaban J connectivity index is 2.98. The molecule has 19 heavy (non-hydrogen) atoms. The second-order valence-electron chi connectivity index (χ2n) is 4.61. The van der Waals surface area contributed by atoms with Crippen LogP contribution in [0.15, 0.2) is 18.2 Å². The first-order chi connectivity index (χ1) is 8.69. The highest BCUT2D eigenvalue weighted by atomic mass is 19.4. The summed E-state index contributed by atoms with van der Waals surface area (Å²) in [5.74, 6) is 0.0523. The van der Waals surface area contributed by atoms with Gasteiger partial charge in [0.2, 0.25) is 0 Å². The van der Waals surface area contributed by atoms with Crippen LogP contribution in [-0.4, -0.2) is 12.1 Å². The second kappa shape index (κ2) is 5.49. The Morgan fingerprint density at radius 2 is 2.00 bits per heavy atom. The van der Waals surface area contributed by atoms with Crippen molar-refractivity contribution in [3.8, 4) is 11.8 Å². The molecule has 0 fully saturated rings. The van der Waals surface area contributed by atoms with Gasteiger partial charge in [0.05, 0.1) is 17.2 Å². The molecule has 0 spiro atoms. The largest absolute Gasteiger partial charge is 0.492 e. The van der Waals surface area contributed by atoms with Gasteiger partial charge in [-0.1, -0.05) is 6.92 Å². The zero-order valence-corrected chi connectivity index (χ0v) is 10.7. The summed E-state index contributed by atoms with van der Waals surface area (Å²) >= 11 is 0. The molecule has 0 aromatic heterocycles. The predicted molar refractivity (Wildman–Crippen MR) is 64.5 cm³/mol. The zero-order valence-electron chi connectivity index (χ0n) is 10.7. The summed E-state index contributed by atoms with van der Waals surface area (Å²) in [7, 11) is 0. The average Bonchev–Trinajstić information content (AvgIpc) is 2.35. The molecule has 0 aliphatic heterocycles. The third kappa shape index (κ3) is 4.14. The van der Waals surface area contributed by atoms with Gasteiger partial charge < -0.3 is 10.5 Å². The quantitative estimate of drug-likeness (QED) is 0.916. The molecule has 104 valence electrons. The molecule has 2 N–H and O–H groups in total. The van der Waals surface area contributed by atoms with Crippen LogP contribution in [-0.2, 0) is 6.18 Å². The summed E-state index contributed by atoms with van der Waals surface area (Å²) in [6.07, 6.45) is -3.95. The highest BCUT2D eigenvalue weighted by Crippen LogP contribution is 2.34. The van der Waals surface area contributed by atoms with E-state index in [-0.39, 0.29) is 12.4 Å². The third-order valence-corrected chi connectivity index (χ3v) is 2.79. The van der Waals surface area contributed by atoms with E-state index in [4.69, 9.17) is 15.7 Å². The Kier molecular flexibility index (Phi) is 4.43. The Morgan fingerprint density at radius 1 is 1.37 bits per heavy atom. The minimum Gasteiger partial charge on any atom is -0.492 e. The SMILES string of the molecule is CCC(C)(N)COc1ccc(C#N)c(C(F)(F)F)c1. The van der Waals surface area contributed by atoms with Crippen LogP contribution in [0.4, 0.5) is 13.2 Å². The number of hydrogen-bond donors (Lipinski definition) is 1. The summed E-state index contributed by atoms with van der Waals surface area (Å²) in [6, 6.07) is 4.76. The van der Waals surface area contributed by atoms with Gasteiger partial charge in [-0.15, -0.1) is 0 Å². The first kappa shape index (κ1) is 15.3. The van der Waals surface area contributed by atoms with Crippen LogP contribution in [0.5, 0.6) is 5.75 Å². The molecule has 0 saturated carbocycles. The average molecular weight is 272 g/mol. The molecule has 0 heterocycles. The topological polar surface area (TPSA) is 59.0 Å². The summed E-state index contributed by atoms with van der Waals surface area (Å²) in [5.41, 5.74) is 3.82. The van der Waals surface area contributed by atoms with Crippen LogP contribution < -0.4 is 10.5 Å². The van der Waals surface area contributed by atoms with Gasteiger partial charge in [0.15, 0.2) is 0 Å². The minimum atomic E-state index is -4.58. The van der Waals surface area contributed by atoms with E-state index in [1.807, 2.05) is 6.92 Å². The second-order valence-corrected chi connectivity index (χ2v) is 4.61. The zero-order chi connectivity index (χ0) is 14.7. The predicted octanol–water partition coefficient (Wildman–Crippen LogP) is 3.08. The molecule has 3 nitrogen and oxygen atoms in total. The van der Waals surface area contributed by atoms with E-state index < -0.39 is 22.8 Å². The monoisotopic (exact) mass is 272 g/mol. The number of rotatable bonds is 4. The van der Waals surface area contributed by atoms with E-state index in [9.17, 15) is 13.2 Å². The van der Waals surface area contributed by atoms with Gasteiger partial charge in [-0.25, -0.2) is 0 Å². The summed E-state index contributed by atoms with van der Waals surface area (Å²) in [6.45, 7) is 3.72. The molecule has 1 unspecified atom stereocenters. The van der Waals surface area contributed by atoms with Gasteiger partial charge in [0, 0.05) is 5.54 Å². The van der Waals surface area contributed by atoms with Crippen molar-refractivity contribution in [2.24, 2.45) is 5.73 Å². The molecule has 1 aromatic rings. The third-order valence-electron chi connectivity index (χ3n) is 2.79. The normalized spacial score (nSPS) is 14.6. The van der Waals surface area contributed by atoms with Crippen molar-refractivity contribution in [1.82, 2.24) is 0 Å². The number of halogens is 3. The number of nitrogens with two attached hydrogens (primary N) is 1. The van der Waals surface area contributed by atoms with Crippen LogP contribution in [0, 0.1) is 11.3 Å². The Labute approximate surface area is 109 Å². The van der Waals surface area contributed by atoms with Crippen LogP contribution >= 0.6 is 0 Å². The van der Waals surface area contributed by atoms with Crippen molar-refractivity contribution in [3.05, 3.63) is 29.3 Å². The number of ether oxygens (including phenoxy) is 1. The van der Waals surface area contributed by atoms with E-state index in [0.29, 0.717) is 6.42 Å². The first-order valence-electron chi connectivity index (χ1n) is 5.72. The van der Waals surface area contributed by atoms with Crippen molar-refractivity contribution < 1.29 is 17.9 Å². The number of alkyl halides is 3. The minimum absolute atomic E-state index is 0.0523. The maximum absolute atomic E-state index is 12.7. The highest BCUT2D eigenvalue weighted by Gasteiger charge is 2.34. The van der Waals surface area contributed by atoms with Gasteiger partial charge in [-0.3, -0.25) is 0 Å². The van der Waals surface area contributed by atoms with Crippen molar-refractivity contribution >= 4 is 0 Å². The number of hydrogen-bond acceptors (Lipinski definition) is 3. The highest BCUT2D eigenvalue weighted by molar-refractivity contribution is 5.44. The fourth-order valence-corrected chi connectivity index (χ4v) is 1.30. The lowest BCUT2D eigenvalue weighted by atomic mass is 10.0. The van der Waals surface area contributed by atoms with E-state index in [1.165, 1.54) is 12.1 Å². The molecule has 0 radical (unpaired) electrons. The van der Waals surface area contributed by atoms with Gasteiger partial charge in [0.1, 0.15) is 12.4 Å². The van der Waals surface area contributed by atoms with Gasteiger partial charge >= 0.3 is 6.18 Å². The fourth-order valence-electron chi connectivity index (χ4n) is 1.30. The van der Waals surface area contributed by atoms with Crippen LogP contribution in [0.1, 0.15) is 31.4 Å². The molecular weight excluding hydrogens is 257 g/mol. The molecule has 0 amide bonds. The number of benzene rings is 1. The Hall–Kier alpha value is -1.74. The van der Waals surface area contributed by atoms with Crippen molar-refractivity contribution in [2.45, 2.75) is 32.0 Å². The lowest BCUT2D eigenvalue weighted by Gasteiger charge is -2.23. The maximum Gasteiger partial charge on any atom is 0.417 e. The molecule has 0 aliphatic carbocycles.